The van der Waals surface area contributed by atoms with Gasteiger partial charge in [0.25, 0.3) is 0 Å². The van der Waals surface area contributed by atoms with Crippen LogP contribution in [0.1, 0.15) is 11.1 Å². The summed E-state index contributed by atoms with van der Waals surface area (Å²) in [5.41, 5.74) is 1.77. The fourth-order valence-corrected chi connectivity index (χ4v) is 2.19. The van der Waals surface area contributed by atoms with Crippen molar-refractivity contribution in [2.75, 3.05) is 56.4 Å². The van der Waals surface area contributed by atoms with Crippen LogP contribution in [-0.4, -0.2) is 65.3 Å². The van der Waals surface area contributed by atoms with Gasteiger partial charge >= 0.3 is 0 Å². The molecule has 4 nitrogen and oxygen atoms in total. The van der Waals surface area contributed by atoms with Crippen molar-refractivity contribution in [2.45, 2.75) is 13.1 Å². The highest BCUT2D eigenvalue weighted by molar-refractivity contribution is 8.33. The number of benzene rings is 1. The van der Waals surface area contributed by atoms with Crippen LogP contribution in [0.15, 0.2) is 24.3 Å². The van der Waals surface area contributed by atoms with Crippen LogP contribution in [0.25, 0.3) is 0 Å². The lowest BCUT2D eigenvalue weighted by Gasteiger charge is -2.30. The standard InChI is InChI=1S/C8H11O2PS.2C4H12N/c1-7-4-2-3-5-8(7)6-11(9,10)12;2*1-5(2,3)4/h2-5H,6H2,1H3,(H2,9,10,12);2*1-4H3/q;2*+1/p-2. The maximum absolute atomic E-state index is 10.8. The molecule has 0 saturated carbocycles. The summed E-state index contributed by atoms with van der Waals surface area (Å²) in [5, 5.41) is 0. The first-order valence-corrected chi connectivity index (χ1v) is 9.95. The smallest absolute Gasteiger partial charge is 0.0675 e. The van der Waals surface area contributed by atoms with Crippen molar-refractivity contribution in [3.8, 4) is 0 Å². The predicted octanol–water partition coefficient (Wildman–Crippen LogP) is 2.24. The van der Waals surface area contributed by atoms with Crippen LogP contribution < -0.4 is 4.89 Å². The van der Waals surface area contributed by atoms with Gasteiger partial charge in [-0.15, -0.1) is 6.57 Å². The van der Waals surface area contributed by atoms with Crippen molar-refractivity contribution in [1.29, 1.82) is 0 Å². The highest BCUT2D eigenvalue weighted by Gasteiger charge is 1.97. The predicted molar refractivity (Wildman–Crippen MR) is 97.8 cm³/mol. The molecule has 0 radical (unpaired) electrons. The molecule has 0 aromatic heterocycles. The minimum atomic E-state index is -3.58. The van der Waals surface area contributed by atoms with E-state index in [0.29, 0.717) is 0 Å². The second-order valence-electron chi connectivity index (χ2n) is 8.06. The van der Waals surface area contributed by atoms with Gasteiger partial charge in [-0.05, 0) is 24.2 Å². The number of rotatable bonds is 2. The minimum absolute atomic E-state index is 0.0188. The quantitative estimate of drug-likeness (QED) is 0.467. The van der Waals surface area contributed by atoms with Gasteiger partial charge in [0, 0.05) is 0 Å². The first kappa shape index (κ1) is 23.9. The monoisotopic (exact) mass is 348 g/mol. The molecule has 0 aliphatic rings. The zero-order chi connectivity index (χ0) is 18.2. The van der Waals surface area contributed by atoms with E-state index in [1.54, 1.807) is 6.07 Å². The van der Waals surface area contributed by atoms with Gasteiger partial charge in [0.05, 0.1) is 56.4 Å². The Balaban J connectivity index is 0. The molecule has 0 heterocycles. The van der Waals surface area contributed by atoms with Gasteiger partial charge in [-0.1, -0.05) is 24.3 Å². The third-order valence-corrected chi connectivity index (χ3v) is 2.74. The minimum Gasteiger partial charge on any atom is -0.817 e. The maximum Gasteiger partial charge on any atom is 0.0675 e. The highest BCUT2D eigenvalue weighted by atomic mass is 32.7. The van der Waals surface area contributed by atoms with Gasteiger partial charge < -0.3 is 30.7 Å². The van der Waals surface area contributed by atoms with E-state index in [1.165, 1.54) is 0 Å². The second-order valence-corrected chi connectivity index (χ2v) is 11.3. The summed E-state index contributed by atoms with van der Waals surface area (Å²) in [5.74, 6) is 0. The molecule has 1 aromatic carbocycles. The Morgan fingerprint density at radius 2 is 1.27 bits per heavy atom. The lowest BCUT2D eigenvalue weighted by molar-refractivity contribution is -0.849. The number of aryl methyl sites for hydroxylation is 1. The van der Waals surface area contributed by atoms with Crippen LogP contribution in [-0.2, 0) is 23.0 Å². The van der Waals surface area contributed by atoms with Gasteiger partial charge in [0.2, 0.25) is 0 Å². The number of nitrogens with zero attached hydrogens (tertiary/aromatic N) is 2. The number of hydrogen-bond donors (Lipinski definition) is 0. The Kier molecular flexibility index (Phi) is 10.6. The van der Waals surface area contributed by atoms with Crippen molar-refractivity contribution in [2.24, 2.45) is 0 Å². The molecule has 1 rings (SSSR count). The fraction of sp³-hybridized carbons (Fsp3) is 0.625. The first-order chi connectivity index (χ1) is 9.49. The van der Waals surface area contributed by atoms with Gasteiger partial charge in [-0.25, -0.2) is 0 Å². The van der Waals surface area contributed by atoms with Crippen LogP contribution in [0.5, 0.6) is 0 Å². The van der Waals surface area contributed by atoms with Crippen molar-refractivity contribution < 1.29 is 18.4 Å². The van der Waals surface area contributed by atoms with Gasteiger partial charge in [-0.3, -0.25) is 0 Å². The summed E-state index contributed by atoms with van der Waals surface area (Å²) < 4.78 is 12.8. The molecule has 0 fully saturated rings. The summed E-state index contributed by atoms with van der Waals surface area (Å²) in [6.45, 7) is -1.71. The van der Waals surface area contributed by atoms with E-state index >= 15 is 0 Å². The van der Waals surface area contributed by atoms with Gasteiger partial charge in [0.15, 0.2) is 0 Å². The summed E-state index contributed by atoms with van der Waals surface area (Å²) in [4.78, 5) is 10.8. The third kappa shape index (κ3) is 27.9. The van der Waals surface area contributed by atoms with E-state index in [4.69, 9.17) is 0 Å². The summed E-state index contributed by atoms with van der Waals surface area (Å²) in [6.07, 6.45) is -0.0188. The van der Waals surface area contributed by atoms with Crippen LogP contribution in [0.2, 0.25) is 0 Å². The molecule has 130 valence electrons. The fourth-order valence-electron chi connectivity index (χ4n) is 0.996. The molecule has 0 aliphatic heterocycles. The summed E-state index contributed by atoms with van der Waals surface area (Å²) >= 11 is 4.33. The van der Waals surface area contributed by atoms with Gasteiger partial charge in [0.1, 0.15) is 0 Å². The maximum atomic E-state index is 10.8. The third-order valence-electron chi connectivity index (χ3n) is 1.63. The van der Waals surface area contributed by atoms with Crippen LogP contribution in [0, 0.1) is 6.92 Å². The Hall–Kier alpha value is -0.320. The molecule has 1 atom stereocenters. The van der Waals surface area contributed by atoms with Crippen LogP contribution in [0.3, 0.4) is 0 Å². The van der Waals surface area contributed by atoms with E-state index in [2.05, 4.69) is 68.6 Å². The van der Waals surface area contributed by atoms with Crippen molar-refractivity contribution >= 4 is 18.8 Å². The molecule has 1 aromatic rings. The molecular weight excluding hydrogens is 315 g/mol. The number of quaternary nitrogens is 2. The zero-order valence-corrected chi connectivity index (χ0v) is 17.3. The van der Waals surface area contributed by atoms with E-state index < -0.39 is 6.57 Å². The molecule has 0 amide bonds. The SMILES string of the molecule is C[N+](C)(C)C.C[N+](C)(C)C.Cc1ccccc1CP(=O)([O-])[S-]. The molecule has 0 N–H and O–H groups in total. The van der Waals surface area contributed by atoms with E-state index in [9.17, 15) is 9.46 Å². The lowest BCUT2D eigenvalue weighted by atomic mass is 10.1. The largest absolute Gasteiger partial charge is 0.817 e. The van der Waals surface area contributed by atoms with E-state index in [0.717, 1.165) is 20.1 Å². The van der Waals surface area contributed by atoms with Crippen molar-refractivity contribution in [3.63, 3.8) is 0 Å². The van der Waals surface area contributed by atoms with Crippen molar-refractivity contribution in [1.82, 2.24) is 0 Å². The summed E-state index contributed by atoms with van der Waals surface area (Å²) in [6, 6.07) is 7.35. The average molecular weight is 348 g/mol. The zero-order valence-electron chi connectivity index (χ0n) is 15.6. The lowest BCUT2D eigenvalue weighted by Crippen LogP contribution is -2.27. The van der Waals surface area contributed by atoms with Gasteiger partial charge in [-0.2, -0.15) is 0 Å². The molecule has 1 unspecified atom stereocenters. The highest BCUT2D eigenvalue weighted by Crippen LogP contribution is 2.37. The Morgan fingerprint density at radius 3 is 1.55 bits per heavy atom. The second kappa shape index (κ2) is 9.74. The number of hydrogen-bond acceptors (Lipinski definition) is 3. The van der Waals surface area contributed by atoms with Crippen LogP contribution >= 0.6 is 6.57 Å². The Labute approximate surface area is 142 Å². The Bertz CT molecular complexity index is 450. The van der Waals surface area contributed by atoms with E-state index in [1.807, 2.05) is 25.1 Å². The van der Waals surface area contributed by atoms with E-state index in [-0.39, 0.29) is 6.16 Å². The summed E-state index contributed by atoms with van der Waals surface area (Å²) in [7, 11) is 17.0. The molecule has 0 saturated heterocycles. The normalized spacial score (nSPS) is 14.0. The molecule has 0 bridgehead atoms. The van der Waals surface area contributed by atoms with Crippen LogP contribution in [0.4, 0.5) is 0 Å². The first-order valence-electron chi connectivity index (χ1n) is 7.12. The topological polar surface area (TPSA) is 40.1 Å². The Morgan fingerprint density at radius 1 is 0.955 bits per heavy atom. The molecule has 22 heavy (non-hydrogen) atoms. The molecule has 0 aliphatic carbocycles. The molecular formula is C16H33N2O2PS. The van der Waals surface area contributed by atoms with Crippen molar-refractivity contribution in [3.05, 3.63) is 35.4 Å². The molecule has 6 heteroatoms. The molecule has 0 spiro atoms. The average Bonchev–Trinajstić information content (AvgIpc) is 2.14.